The summed E-state index contributed by atoms with van der Waals surface area (Å²) in [5, 5.41) is 11.1. The third-order valence-electron chi connectivity index (χ3n) is 3.02. The van der Waals surface area contributed by atoms with Crippen LogP contribution in [0.5, 0.6) is 0 Å². The van der Waals surface area contributed by atoms with Crippen LogP contribution in [0.3, 0.4) is 0 Å². The van der Waals surface area contributed by atoms with Gasteiger partial charge in [-0.1, -0.05) is 17.7 Å². The van der Waals surface area contributed by atoms with Gasteiger partial charge in [-0.05, 0) is 42.3 Å². The zero-order valence-electron chi connectivity index (χ0n) is 11.2. The summed E-state index contributed by atoms with van der Waals surface area (Å²) in [5.74, 6) is 0.171. The van der Waals surface area contributed by atoms with E-state index in [0.29, 0.717) is 23.7 Å². The molecule has 1 atom stereocenters. The minimum atomic E-state index is -3.49. The number of aliphatic hydroxyl groups excluding tert-OH is 1. The summed E-state index contributed by atoms with van der Waals surface area (Å²) in [5.41, 5.74) is 0. The average Bonchev–Trinajstić information content (AvgIpc) is 3.08. The standard InChI is InChI=1S/C13H16ClNO3S3/c14-12-3-4-13(20-12)21(17,18)15-7-5-10(6-8-16)11-2-1-9-19-11/h1-4,9-10,15-16H,5-8H2. The zero-order chi connectivity index (χ0) is 15.3. The molecule has 116 valence electrons. The Hall–Kier alpha value is -0.440. The highest BCUT2D eigenvalue weighted by molar-refractivity contribution is 7.91. The summed E-state index contributed by atoms with van der Waals surface area (Å²) < 4.78 is 27.4. The van der Waals surface area contributed by atoms with E-state index in [1.807, 2.05) is 17.5 Å². The molecule has 21 heavy (non-hydrogen) atoms. The molecule has 0 saturated heterocycles. The number of thiophene rings is 2. The van der Waals surface area contributed by atoms with Crippen molar-refractivity contribution in [3.63, 3.8) is 0 Å². The van der Waals surface area contributed by atoms with E-state index in [0.717, 1.165) is 11.3 Å². The molecular weight excluding hydrogens is 350 g/mol. The number of nitrogens with one attached hydrogen (secondary N) is 1. The van der Waals surface area contributed by atoms with Crippen molar-refractivity contribution in [3.8, 4) is 0 Å². The number of hydrogen-bond donors (Lipinski definition) is 2. The normalized spacial score (nSPS) is 13.4. The SMILES string of the molecule is O=S(=O)(NCCC(CCO)c1cccs1)c1ccc(Cl)s1. The first-order chi connectivity index (χ1) is 10.0. The van der Waals surface area contributed by atoms with Crippen LogP contribution in [0.15, 0.2) is 33.9 Å². The lowest BCUT2D eigenvalue weighted by Gasteiger charge is -2.14. The van der Waals surface area contributed by atoms with Gasteiger partial charge >= 0.3 is 0 Å². The molecule has 4 nitrogen and oxygen atoms in total. The number of rotatable bonds is 8. The number of hydrogen-bond acceptors (Lipinski definition) is 5. The maximum atomic E-state index is 12.1. The topological polar surface area (TPSA) is 66.4 Å². The summed E-state index contributed by atoms with van der Waals surface area (Å²) in [7, 11) is -3.49. The highest BCUT2D eigenvalue weighted by Crippen LogP contribution is 2.28. The second kappa shape index (κ2) is 7.71. The first-order valence-electron chi connectivity index (χ1n) is 6.42. The lowest BCUT2D eigenvalue weighted by Crippen LogP contribution is -2.25. The molecule has 2 rings (SSSR count). The lowest BCUT2D eigenvalue weighted by atomic mass is 10.0. The van der Waals surface area contributed by atoms with Crippen LogP contribution in [0.2, 0.25) is 4.34 Å². The molecule has 0 bridgehead atoms. The van der Waals surface area contributed by atoms with Crippen molar-refractivity contribution in [3.05, 3.63) is 38.9 Å². The molecule has 2 N–H and O–H groups in total. The van der Waals surface area contributed by atoms with Crippen molar-refractivity contribution in [2.75, 3.05) is 13.2 Å². The first-order valence-corrected chi connectivity index (χ1v) is 9.98. The van der Waals surface area contributed by atoms with E-state index < -0.39 is 10.0 Å². The molecule has 2 aromatic heterocycles. The second-order valence-corrected chi connectivity index (χ2v) is 9.16. The van der Waals surface area contributed by atoms with E-state index in [4.69, 9.17) is 16.7 Å². The molecule has 0 radical (unpaired) electrons. The van der Waals surface area contributed by atoms with Gasteiger partial charge in [0.15, 0.2) is 0 Å². The summed E-state index contributed by atoms with van der Waals surface area (Å²) in [6.07, 6.45) is 1.28. The van der Waals surface area contributed by atoms with Crippen molar-refractivity contribution < 1.29 is 13.5 Å². The predicted octanol–water partition coefficient (Wildman–Crippen LogP) is 3.30. The van der Waals surface area contributed by atoms with Gasteiger partial charge in [0.2, 0.25) is 10.0 Å². The minimum absolute atomic E-state index is 0.0931. The van der Waals surface area contributed by atoms with Crippen molar-refractivity contribution in [1.29, 1.82) is 0 Å². The van der Waals surface area contributed by atoms with E-state index >= 15 is 0 Å². The van der Waals surface area contributed by atoms with Gasteiger partial charge in [0.05, 0.1) is 4.34 Å². The van der Waals surface area contributed by atoms with Crippen molar-refractivity contribution >= 4 is 44.3 Å². The molecule has 0 amide bonds. The Balaban J connectivity index is 1.93. The van der Waals surface area contributed by atoms with Crippen LogP contribution in [0.25, 0.3) is 0 Å². The fourth-order valence-electron chi connectivity index (χ4n) is 1.99. The molecule has 0 aliphatic rings. The molecule has 2 aromatic rings. The molecule has 0 fully saturated rings. The molecule has 0 aliphatic heterocycles. The zero-order valence-corrected chi connectivity index (χ0v) is 14.4. The molecule has 2 heterocycles. The fraction of sp³-hybridized carbons (Fsp3) is 0.385. The molecule has 0 aliphatic carbocycles. The van der Waals surface area contributed by atoms with Gasteiger partial charge in [0, 0.05) is 18.0 Å². The molecule has 0 saturated carbocycles. The summed E-state index contributed by atoms with van der Waals surface area (Å²) in [6.45, 7) is 0.427. The van der Waals surface area contributed by atoms with Gasteiger partial charge < -0.3 is 5.11 Å². The Bertz CT molecular complexity index is 652. The van der Waals surface area contributed by atoms with E-state index in [-0.39, 0.29) is 16.7 Å². The maximum absolute atomic E-state index is 12.1. The summed E-state index contributed by atoms with van der Waals surface area (Å²) in [6, 6.07) is 7.04. The van der Waals surface area contributed by atoms with E-state index in [9.17, 15) is 8.42 Å². The maximum Gasteiger partial charge on any atom is 0.250 e. The highest BCUT2D eigenvalue weighted by Gasteiger charge is 2.18. The fourth-order valence-corrected chi connectivity index (χ4v) is 5.46. The summed E-state index contributed by atoms with van der Waals surface area (Å²) >= 11 is 8.42. The quantitative estimate of drug-likeness (QED) is 0.754. The second-order valence-electron chi connectivity index (χ2n) is 4.47. The van der Waals surface area contributed by atoms with E-state index in [1.165, 1.54) is 10.9 Å². The van der Waals surface area contributed by atoms with Gasteiger partial charge in [-0.3, -0.25) is 0 Å². The van der Waals surface area contributed by atoms with Gasteiger partial charge in [-0.25, -0.2) is 13.1 Å². The molecule has 8 heteroatoms. The van der Waals surface area contributed by atoms with E-state index in [1.54, 1.807) is 17.4 Å². The number of halogens is 1. The molecule has 0 spiro atoms. The Morgan fingerprint density at radius 3 is 2.67 bits per heavy atom. The van der Waals surface area contributed by atoms with Crippen molar-refractivity contribution in [2.24, 2.45) is 0 Å². The number of sulfonamides is 1. The van der Waals surface area contributed by atoms with Crippen LogP contribution in [0.1, 0.15) is 23.6 Å². The smallest absolute Gasteiger partial charge is 0.250 e. The van der Waals surface area contributed by atoms with Crippen molar-refractivity contribution in [1.82, 2.24) is 4.72 Å². The van der Waals surface area contributed by atoms with Gasteiger partial charge in [0.25, 0.3) is 0 Å². The lowest BCUT2D eigenvalue weighted by molar-refractivity contribution is 0.273. The Labute approximate surface area is 137 Å². The predicted molar refractivity (Wildman–Crippen MR) is 87.9 cm³/mol. The van der Waals surface area contributed by atoms with Crippen LogP contribution in [-0.4, -0.2) is 26.7 Å². The Kier molecular flexibility index (Phi) is 6.21. The van der Waals surface area contributed by atoms with Gasteiger partial charge in [-0.2, -0.15) is 0 Å². The first kappa shape index (κ1) is 16.9. The van der Waals surface area contributed by atoms with Crippen LogP contribution >= 0.6 is 34.3 Å². The van der Waals surface area contributed by atoms with Crippen molar-refractivity contribution in [2.45, 2.75) is 23.0 Å². The largest absolute Gasteiger partial charge is 0.396 e. The number of aliphatic hydroxyl groups is 1. The third-order valence-corrected chi connectivity index (χ3v) is 7.24. The molecular formula is C13H16ClNO3S3. The Morgan fingerprint density at radius 1 is 1.29 bits per heavy atom. The van der Waals surface area contributed by atoms with Gasteiger partial charge in [-0.15, -0.1) is 22.7 Å². The minimum Gasteiger partial charge on any atom is -0.396 e. The van der Waals surface area contributed by atoms with Gasteiger partial charge in [0.1, 0.15) is 4.21 Å². The molecule has 1 unspecified atom stereocenters. The summed E-state index contributed by atoms with van der Waals surface area (Å²) in [4.78, 5) is 1.17. The van der Waals surface area contributed by atoms with Crippen LogP contribution in [0, 0.1) is 0 Å². The highest BCUT2D eigenvalue weighted by atomic mass is 35.5. The van der Waals surface area contributed by atoms with E-state index in [2.05, 4.69) is 4.72 Å². The Morgan fingerprint density at radius 2 is 2.10 bits per heavy atom. The third kappa shape index (κ3) is 4.77. The molecule has 0 aromatic carbocycles. The average molecular weight is 366 g/mol. The van der Waals surface area contributed by atoms with Crippen LogP contribution in [0.4, 0.5) is 0 Å². The van der Waals surface area contributed by atoms with Crippen LogP contribution in [-0.2, 0) is 10.0 Å². The monoisotopic (exact) mass is 365 g/mol. The van der Waals surface area contributed by atoms with Crippen LogP contribution < -0.4 is 4.72 Å².